The number of aliphatic hydroxyl groups is 10. The lowest BCUT2D eigenvalue weighted by molar-refractivity contribution is -0.242. The quantitative estimate of drug-likeness (QED) is 0.0753. The van der Waals surface area contributed by atoms with Gasteiger partial charge in [0.05, 0.1) is 36.6 Å². The molecule has 12 atom stereocenters. The van der Waals surface area contributed by atoms with Crippen molar-refractivity contribution in [1.29, 1.82) is 0 Å². The average Bonchev–Trinajstić information content (AvgIpc) is 3.01. The van der Waals surface area contributed by atoms with Crippen LogP contribution in [0.3, 0.4) is 0 Å². The molecule has 304 valence electrons. The van der Waals surface area contributed by atoms with E-state index in [4.69, 9.17) is 4.74 Å². The minimum Gasteiger partial charge on any atom is -0.461 e. The van der Waals surface area contributed by atoms with Gasteiger partial charge in [-0.2, -0.15) is 0 Å². The highest BCUT2D eigenvalue weighted by molar-refractivity contribution is 5.39. The standard InChI is InChI=1S/2C9H16O4.2C8H14O5/c1-6-3-9(12,13-5-10)4-8(11)7(6)2;1-6-3-9(12,13-5-10)4-7(2)8(6)11;1-8(13-4-9)2-5(10)7(12)6(11)3-8;1-5-2-8(12,13-4-9)3-6(10)7(5)11/h2*5-8,11-12H,3-4H2,1-2H3;2*4-7,10-12H,2-3H2,1H3. The van der Waals surface area contributed by atoms with E-state index in [1.165, 1.54) is 0 Å². The zero-order valence-corrected chi connectivity index (χ0v) is 30.6. The van der Waals surface area contributed by atoms with Crippen LogP contribution in [0.4, 0.5) is 0 Å². The fourth-order valence-corrected chi connectivity index (χ4v) is 7.33. The van der Waals surface area contributed by atoms with Gasteiger partial charge in [-0.05, 0) is 36.5 Å². The summed E-state index contributed by atoms with van der Waals surface area (Å²) in [5.41, 5.74) is -0.875. The van der Waals surface area contributed by atoms with Crippen molar-refractivity contribution < 1.29 is 89.2 Å². The SMILES string of the molecule is CC1(OC=O)CC(O)C(O)C(O)C1.CC1CC(O)(OC=O)CC(C)C1O.CC1CC(O)(OC=O)CC(O)C1C.CC1CC(O)(OC=O)CC(O)C1O. The highest BCUT2D eigenvalue weighted by Crippen LogP contribution is 2.38. The van der Waals surface area contributed by atoms with Gasteiger partial charge in [-0.25, -0.2) is 0 Å². The van der Waals surface area contributed by atoms with Gasteiger partial charge in [0.25, 0.3) is 25.9 Å². The normalized spacial score (nSPS) is 45.7. The highest BCUT2D eigenvalue weighted by atomic mass is 16.7. The molecule has 0 aromatic rings. The molecule has 0 saturated heterocycles. The fraction of sp³-hybridized carbons (Fsp3) is 0.882. The summed E-state index contributed by atoms with van der Waals surface area (Å²) >= 11 is 0. The first-order chi connectivity index (χ1) is 23.9. The second-order valence-electron chi connectivity index (χ2n) is 15.3. The van der Waals surface area contributed by atoms with E-state index in [1.54, 1.807) is 13.8 Å². The van der Waals surface area contributed by atoms with Crippen molar-refractivity contribution in [1.82, 2.24) is 0 Å². The highest BCUT2D eigenvalue weighted by Gasteiger charge is 2.46. The van der Waals surface area contributed by atoms with Crippen LogP contribution >= 0.6 is 0 Å². The number of hydrogen-bond donors (Lipinski definition) is 10. The van der Waals surface area contributed by atoms with E-state index in [0.29, 0.717) is 19.3 Å². The van der Waals surface area contributed by atoms with Gasteiger partial charge >= 0.3 is 0 Å². The second-order valence-corrected chi connectivity index (χ2v) is 15.3. The Morgan fingerprint density at radius 1 is 0.423 bits per heavy atom. The summed E-state index contributed by atoms with van der Waals surface area (Å²) in [5, 5.41) is 94.7. The maximum atomic E-state index is 10.1. The van der Waals surface area contributed by atoms with E-state index in [9.17, 15) is 70.2 Å². The maximum absolute atomic E-state index is 10.1. The zero-order valence-electron chi connectivity index (χ0n) is 30.6. The molecule has 4 aliphatic carbocycles. The summed E-state index contributed by atoms with van der Waals surface area (Å²) in [6.07, 6.45) is -4.79. The molecule has 4 aliphatic rings. The largest absolute Gasteiger partial charge is 0.461 e. The third-order valence-corrected chi connectivity index (χ3v) is 10.5. The molecule has 52 heavy (non-hydrogen) atoms. The van der Waals surface area contributed by atoms with Gasteiger partial charge in [-0.3, -0.25) is 19.2 Å². The smallest absolute Gasteiger partial charge is 0.295 e. The molecule has 0 bridgehead atoms. The molecule has 0 aliphatic heterocycles. The first-order valence-electron chi connectivity index (χ1n) is 17.3. The predicted octanol–water partition coefficient (Wildman–Crippen LogP) is -1.66. The Balaban J connectivity index is 0.000000347. The molecule has 0 amide bonds. The third-order valence-electron chi connectivity index (χ3n) is 10.5. The Hall–Kier alpha value is -2.52. The predicted molar refractivity (Wildman–Crippen MR) is 177 cm³/mol. The van der Waals surface area contributed by atoms with Crippen LogP contribution in [0.15, 0.2) is 0 Å². The Morgan fingerprint density at radius 2 is 0.731 bits per heavy atom. The molecule has 10 N–H and O–H groups in total. The lowest BCUT2D eigenvalue weighted by Crippen LogP contribution is -2.52. The first-order valence-corrected chi connectivity index (χ1v) is 17.3. The van der Waals surface area contributed by atoms with Crippen molar-refractivity contribution in [3.63, 3.8) is 0 Å². The van der Waals surface area contributed by atoms with Crippen LogP contribution in [0.25, 0.3) is 0 Å². The molecule has 12 unspecified atom stereocenters. The van der Waals surface area contributed by atoms with Crippen molar-refractivity contribution >= 4 is 25.9 Å². The summed E-state index contributed by atoms with van der Waals surface area (Å²) in [7, 11) is 0. The van der Waals surface area contributed by atoms with Gasteiger partial charge < -0.3 is 70.0 Å². The fourth-order valence-electron chi connectivity index (χ4n) is 7.33. The minimum absolute atomic E-state index is 0.0475. The van der Waals surface area contributed by atoms with E-state index < -0.39 is 65.7 Å². The number of aliphatic hydroxyl groups excluding tert-OH is 7. The second kappa shape index (κ2) is 20.2. The molecule has 4 fully saturated rings. The van der Waals surface area contributed by atoms with E-state index in [2.05, 4.69) is 14.2 Å². The van der Waals surface area contributed by atoms with Gasteiger partial charge in [-0.1, -0.05) is 34.6 Å². The van der Waals surface area contributed by atoms with Crippen LogP contribution in [0, 0.1) is 29.6 Å². The zero-order chi connectivity index (χ0) is 40.2. The van der Waals surface area contributed by atoms with Crippen LogP contribution < -0.4 is 0 Å². The monoisotopic (exact) mass is 756 g/mol. The van der Waals surface area contributed by atoms with Crippen LogP contribution in [0.5, 0.6) is 0 Å². The molecule has 0 radical (unpaired) electrons. The van der Waals surface area contributed by atoms with Gasteiger partial charge in [-0.15, -0.1) is 0 Å². The molecule has 4 rings (SSSR count). The van der Waals surface area contributed by atoms with Crippen LogP contribution in [-0.4, -0.2) is 143 Å². The first kappa shape index (κ1) is 47.5. The maximum Gasteiger partial charge on any atom is 0.295 e. The van der Waals surface area contributed by atoms with Gasteiger partial charge in [0.1, 0.15) is 11.7 Å². The van der Waals surface area contributed by atoms with Crippen molar-refractivity contribution in [3.05, 3.63) is 0 Å². The van der Waals surface area contributed by atoms with Crippen molar-refractivity contribution in [2.24, 2.45) is 29.6 Å². The molecule has 0 heterocycles. The van der Waals surface area contributed by atoms with Crippen molar-refractivity contribution in [2.45, 2.75) is 159 Å². The lowest BCUT2D eigenvalue weighted by atomic mass is 9.76. The number of carbonyl (C=O) groups is 4. The van der Waals surface area contributed by atoms with Crippen LogP contribution in [0.1, 0.15) is 92.9 Å². The van der Waals surface area contributed by atoms with Crippen molar-refractivity contribution in [2.75, 3.05) is 0 Å². The van der Waals surface area contributed by atoms with Gasteiger partial charge in [0.15, 0.2) is 0 Å². The van der Waals surface area contributed by atoms with Crippen molar-refractivity contribution in [3.8, 4) is 0 Å². The molecule has 18 heteroatoms. The topological polar surface area (TPSA) is 308 Å². The molecule has 0 aromatic carbocycles. The summed E-state index contributed by atoms with van der Waals surface area (Å²) in [6.45, 7) is 11.7. The molecular formula is C34H60O18. The number of carbonyl (C=O) groups excluding carboxylic acids is 4. The number of ether oxygens (including phenoxy) is 4. The van der Waals surface area contributed by atoms with E-state index in [0.717, 1.165) is 0 Å². The Labute approximate surface area is 303 Å². The molecular weight excluding hydrogens is 696 g/mol. The average molecular weight is 757 g/mol. The van der Waals surface area contributed by atoms with Crippen LogP contribution in [0.2, 0.25) is 0 Å². The van der Waals surface area contributed by atoms with E-state index >= 15 is 0 Å². The molecule has 18 nitrogen and oxygen atoms in total. The number of hydrogen-bond acceptors (Lipinski definition) is 18. The molecule has 4 saturated carbocycles. The Morgan fingerprint density at radius 3 is 1.08 bits per heavy atom. The Bertz CT molecular complexity index is 890. The molecule has 0 aromatic heterocycles. The minimum atomic E-state index is -1.63. The Kier molecular flexibility index (Phi) is 18.5. The summed E-state index contributed by atoms with van der Waals surface area (Å²) in [4.78, 5) is 40.4. The van der Waals surface area contributed by atoms with E-state index in [-0.39, 0.29) is 87.6 Å². The summed E-state index contributed by atoms with van der Waals surface area (Å²) in [6, 6.07) is 0. The van der Waals surface area contributed by atoms with Gasteiger partial charge in [0, 0.05) is 51.4 Å². The summed E-state index contributed by atoms with van der Waals surface area (Å²) in [5.74, 6) is -4.58. The van der Waals surface area contributed by atoms with Crippen LogP contribution in [-0.2, 0) is 38.1 Å². The summed E-state index contributed by atoms with van der Waals surface area (Å²) < 4.78 is 18.4. The third kappa shape index (κ3) is 14.0. The van der Waals surface area contributed by atoms with Gasteiger partial charge in [0.2, 0.25) is 17.4 Å². The lowest BCUT2D eigenvalue weighted by Gasteiger charge is -2.40. The number of rotatable bonds is 8. The van der Waals surface area contributed by atoms with E-state index in [1.807, 2.05) is 27.7 Å². The molecule has 0 spiro atoms.